The second kappa shape index (κ2) is 5.03. The normalized spacial score (nSPS) is 36.7. The predicted octanol–water partition coefficient (Wildman–Crippen LogP) is 0.458. The van der Waals surface area contributed by atoms with E-state index in [4.69, 9.17) is 14.7 Å². The van der Waals surface area contributed by atoms with E-state index in [2.05, 4.69) is 18.3 Å². The molecule has 0 aromatic heterocycles. The zero-order chi connectivity index (χ0) is 12.3. The van der Waals surface area contributed by atoms with E-state index in [1.54, 1.807) is 0 Å². The quantitative estimate of drug-likeness (QED) is 0.775. The Hall–Kier alpha value is -1.12. The van der Waals surface area contributed by atoms with Gasteiger partial charge in [0.05, 0.1) is 32.0 Å². The number of nitriles is 1. The fourth-order valence-corrected chi connectivity index (χ4v) is 2.49. The molecule has 1 unspecified atom stereocenters. The van der Waals surface area contributed by atoms with Crippen LogP contribution >= 0.6 is 0 Å². The van der Waals surface area contributed by atoms with Crippen molar-refractivity contribution in [3.63, 3.8) is 0 Å². The Labute approximate surface area is 101 Å². The molecule has 1 amide bonds. The van der Waals surface area contributed by atoms with Crippen LogP contribution in [0.2, 0.25) is 0 Å². The van der Waals surface area contributed by atoms with Gasteiger partial charge in [0.1, 0.15) is 5.41 Å². The first-order chi connectivity index (χ1) is 8.16. The molecule has 0 bridgehead atoms. The highest BCUT2D eigenvalue weighted by Crippen LogP contribution is 2.44. The van der Waals surface area contributed by atoms with Gasteiger partial charge in [0, 0.05) is 6.54 Å². The van der Waals surface area contributed by atoms with Crippen molar-refractivity contribution in [2.45, 2.75) is 25.9 Å². The van der Waals surface area contributed by atoms with Crippen LogP contribution in [0, 0.1) is 22.7 Å². The maximum atomic E-state index is 11.9. The van der Waals surface area contributed by atoms with Crippen molar-refractivity contribution in [2.75, 3.05) is 26.4 Å². The number of nitrogens with zero attached hydrogens (tertiary/aromatic N) is 1. The Morgan fingerprint density at radius 3 is 2.82 bits per heavy atom. The standard InChI is InChI=1S/C12H18N2O3/c1-9-4-12(5-9,8-13)11(15)14-6-10-7-16-2-3-17-10/h9-10H,2-7H2,1H3,(H,14,15). The fourth-order valence-electron chi connectivity index (χ4n) is 2.49. The molecule has 5 heteroatoms. The minimum Gasteiger partial charge on any atom is -0.376 e. The average molecular weight is 238 g/mol. The molecule has 0 aromatic rings. The lowest BCUT2D eigenvalue weighted by Gasteiger charge is -2.39. The minimum absolute atomic E-state index is 0.0825. The molecular formula is C12H18N2O3. The number of carbonyl (C=O) groups excluding carboxylic acids is 1. The zero-order valence-corrected chi connectivity index (χ0v) is 10.1. The Morgan fingerprint density at radius 2 is 2.29 bits per heavy atom. The van der Waals surface area contributed by atoms with Crippen molar-refractivity contribution in [1.29, 1.82) is 5.26 Å². The van der Waals surface area contributed by atoms with Gasteiger partial charge in [0.15, 0.2) is 0 Å². The van der Waals surface area contributed by atoms with Crippen molar-refractivity contribution in [1.82, 2.24) is 5.32 Å². The molecule has 1 aliphatic heterocycles. The van der Waals surface area contributed by atoms with E-state index in [1.807, 2.05) is 0 Å². The van der Waals surface area contributed by atoms with E-state index in [0.717, 1.165) is 0 Å². The highest BCUT2D eigenvalue weighted by molar-refractivity contribution is 5.86. The molecule has 1 saturated heterocycles. The highest BCUT2D eigenvalue weighted by Gasteiger charge is 2.48. The summed E-state index contributed by atoms with van der Waals surface area (Å²) in [6, 6.07) is 2.15. The Morgan fingerprint density at radius 1 is 1.53 bits per heavy atom. The second-order valence-corrected chi connectivity index (χ2v) is 4.99. The van der Waals surface area contributed by atoms with Crippen LogP contribution in [0.15, 0.2) is 0 Å². The molecule has 1 saturated carbocycles. The molecule has 5 nitrogen and oxygen atoms in total. The van der Waals surface area contributed by atoms with Crippen molar-refractivity contribution in [3.05, 3.63) is 0 Å². The van der Waals surface area contributed by atoms with Gasteiger partial charge in [-0.25, -0.2) is 0 Å². The summed E-state index contributed by atoms with van der Waals surface area (Å²) in [7, 11) is 0. The Bertz CT molecular complexity index is 325. The van der Waals surface area contributed by atoms with Gasteiger partial charge < -0.3 is 14.8 Å². The number of nitrogens with one attached hydrogen (secondary N) is 1. The van der Waals surface area contributed by atoms with Gasteiger partial charge in [-0.1, -0.05) is 6.92 Å². The van der Waals surface area contributed by atoms with Gasteiger partial charge in [0.2, 0.25) is 5.91 Å². The number of ether oxygens (including phenoxy) is 2. The van der Waals surface area contributed by atoms with Crippen LogP contribution in [-0.2, 0) is 14.3 Å². The molecule has 2 fully saturated rings. The molecule has 1 atom stereocenters. The van der Waals surface area contributed by atoms with Crippen molar-refractivity contribution < 1.29 is 14.3 Å². The molecule has 2 aliphatic rings. The van der Waals surface area contributed by atoms with E-state index < -0.39 is 5.41 Å². The van der Waals surface area contributed by atoms with Crippen LogP contribution in [-0.4, -0.2) is 38.4 Å². The maximum Gasteiger partial charge on any atom is 0.240 e. The minimum atomic E-state index is -0.797. The summed E-state index contributed by atoms with van der Waals surface area (Å²) in [6.07, 6.45) is 1.25. The van der Waals surface area contributed by atoms with Crippen LogP contribution < -0.4 is 5.32 Å². The largest absolute Gasteiger partial charge is 0.376 e. The van der Waals surface area contributed by atoms with Crippen LogP contribution in [0.1, 0.15) is 19.8 Å². The number of hydrogen-bond acceptors (Lipinski definition) is 4. The van der Waals surface area contributed by atoms with Crippen LogP contribution in [0.4, 0.5) is 0 Å². The number of rotatable bonds is 3. The monoisotopic (exact) mass is 238 g/mol. The topological polar surface area (TPSA) is 71.4 Å². The molecule has 94 valence electrons. The molecule has 0 radical (unpaired) electrons. The fraction of sp³-hybridized carbons (Fsp3) is 0.833. The third-order valence-electron chi connectivity index (χ3n) is 3.42. The first-order valence-corrected chi connectivity index (χ1v) is 6.05. The summed E-state index contributed by atoms with van der Waals surface area (Å²) >= 11 is 0. The number of hydrogen-bond donors (Lipinski definition) is 1. The zero-order valence-electron chi connectivity index (χ0n) is 10.1. The smallest absolute Gasteiger partial charge is 0.240 e. The maximum absolute atomic E-state index is 11.9. The van der Waals surface area contributed by atoms with E-state index in [9.17, 15) is 4.79 Å². The average Bonchev–Trinajstić information content (AvgIpc) is 2.33. The van der Waals surface area contributed by atoms with E-state index in [-0.39, 0.29) is 12.0 Å². The van der Waals surface area contributed by atoms with Crippen molar-refractivity contribution >= 4 is 5.91 Å². The van der Waals surface area contributed by atoms with Crippen molar-refractivity contribution in [2.24, 2.45) is 11.3 Å². The summed E-state index contributed by atoms with van der Waals surface area (Å²) in [5.74, 6) is 0.307. The highest BCUT2D eigenvalue weighted by atomic mass is 16.6. The SMILES string of the molecule is CC1CC(C#N)(C(=O)NCC2COCCO2)C1. The summed E-state index contributed by atoms with van der Waals surface area (Å²) in [5.41, 5.74) is -0.797. The third-order valence-corrected chi connectivity index (χ3v) is 3.42. The van der Waals surface area contributed by atoms with Gasteiger partial charge >= 0.3 is 0 Å². The van der Waals surface area contributed by atoms with Gasteiger partial charge in [-0.15, -0.1) is 0 Å². The summed E-state index contributed by atoms with van der Waals surface area (Å²) < 4.78 is 10.7. The molecule has 0 aromatic carbocycles. The van der Waals surface area contributed by atoms with Gasteiger partial charge in [-0.3, -0.25) is 4.79 Å². The van der Waals surface area contributed by atoms with Crippen LogP contribution in [0.25, 0.3) is 0 Å². The lowest BCUT2D eigenvalue weighted by molar-refractivity contribution is -0.136. The van der Waals surface area contributed by atoms with Crippen molar-refractivity contribution in [3.8, 4) is 6.07 Å². The summed E-state index contributed by atoms with van der Waals surface area (Å²) in [6.45, 7) is 4.18. The summed E-state index contributed by atoms with van der Waals surface area (Å²) in [5, 5.41) is 11.9. The Balaban J connectivity index is 1.79. The number of amides is 1. The first kappa shape index (κ1) is 12.3. The van der Waals surface area contributed by atoms with E-state index in [0.29, 0.717) is 45.1 Å². The van der Waals surface area contributed by atoms with E-state index in [1.165, 1.54) is 0 Å². The van der Waals surface area contributed by atoms with Gasteiger partial charge in [0.25, 0.3) is 0 Å². The molecule has 17 heavy (non-hydrogen) atoms. The third kappa shape index (κ3) is 2.59. The van der Waals surface area contributed by atoms with Crippen LogP contribution in [0.3, 0.4) is 0 Å². The second-order valence-electron chi connectivity index (χ2n) is 4.99. The summed E-state index contributed by atoms with van der Waals surface area (Å²) in [4.78, 5) is 11.9. The molecule has 2 rings (SSSR count). The molecular weight excluding hydrogens is 220 g/mol. The van der Waals surface area contributed by atoms with Gasteiger partial charge in [-0.2, -0.15) is 5.26 Å². The first-order valence-electron chi connectivity index (χ1n) is 6.05. The number of carbonyl (C=O) groups is 1. The lowest BCUT2D eigenvalue weighted by Crippen LogP contribution is -2.50. The molecule has 1 aliphatic carbocycles. The van der Waals surface area contributed by atoms with E-state index >= 15 is 0 Å². The Kier molecular flexibility index (Phi) is 3.65. The molecule has 1 N–H and O–H groups in total. The lowest BCUT2D eigenvalue weighted by atomic mass is 9.63. The molecule has 0 spiro atoms. The van der Waals surface area contributed by atoms with Gasteiger partial charge in [-0.05, 0) is 18.8 Å². The van der Waals surface area contributed by atoms with Crippen LogP contribution in [0.5, 0.6) is 0 Å². The predicted molar refractivity (Wildman–Crippen MR) is 60.0 cm³/mol. The molecule has 1 heterocycles.